The SMILES string of the molecule is CN=C(NC1CC1)N[C@H]1C[C@H]2CC[C@@H]1O2. The molecule has 84 valence electrons. The lowest BCUT2D eigenvalue weighted by molar-refractivity contribution is 0.0992. The van der Waals surface area contributed by atoms with Crippen molar-refractivity contribution in [2.45, 2.75) is 56.4 Å². The molecule has 15 heavy (non-hydrogen) atoms. The molecule has 1 saturated carbocycles. The fourth-order valence-corrected chi connectivity index (χ4v) is 2.56. The molecular weight excluding hydrogens is 190 g/mol. The number of aliphatic imine (C=N–C) groups is 1. The first-order chi connectivity index (χ1) is 7.35. The standard InChI is InChI=1S/C11H19N3O/c1-12-11(13-7-2-3-7)14-9-6-8-4-5-10(9)15-8/h7-10H,2-6H2,1H3,(H2,12,13,14)/t8-,9+,10+/m1/s1. The molecule has 0 aromatic rings. The number of guanidine groups is 1. The number of nitrogens with one attached hydrogen (secondary N) is 2. The van der Waals surface area contributed by atoms with Gasteiger partial charge in [0.05, 0.1) is 18.2 Å². The first-order valence-electron chi connectivity index (χ1n) is 6.00. The van der Waals surface area contributed by atoms with E-state index in [9.17, 15) is 0 Å². The second kappa shape index (κ2) is 3.67. The van der Waals surface area contributed by atoms with E-state index in [4.69, 9.17) is 4.74 Å². The average Bonchev–Trinajstić information content (AvgIpc) is 2.82. The molecule has 3 fully saturated rings. The molecule has 0 spiro atoms. The molecule has 3 atom stereocenters. The maximum Gasteiger partial charge on any atom is 0.191 e. The van der Waals surface area contributed by atoms with Crippen LogP contribution in [0, 0.1) is 0 Å². The average molecular weight is 209 g/mol. The zero-order valence-electron chi connectivity index (χ0n) is 9.20. The van der Waals surface area contributed by atoms with Crippen LogP contribution in [0.1, 0.15) is 32.1 Å². The van der Waals surface area contributed by atoms with Gasteiger partial charge in [-0.3, -0.25) is 4.99 Å². The highest BCUT2D eigenvalue weighted by molar-refractivity contribution is 5.80. The van der Waals surface area contributed by atoms with E-state index in [-0.39, 0.29) is 0 Å². The molecule has 0 unspecified atom stereocenters. The summed E-state index contributed by atoms with van der Waals surface area (Å²) in [5, 5.41) is 6.89. The van der Waals surface area contributed by atoms with E-state index in [1.807, 2.05) is 7.05 Å². The Morgan fingerprint density at radius 3 is 2.60 bits per heavy atom. The van der Waals surface area contributed by atoms with Crippen LogP contribution >= 0.6 is 0 Å². The molecule has 0 radical (unpaired) electrons. The number of rotatable bonds is 2. The van der Waals surface area contributed by atoms with E-state index in [0.29, 0.717) is 24.3 Å². The lowest BCUT2D eigenvalue weighted by atomic mass is 9.96. The highest BCUT2D eigenvalue weighted by Gasteiger charge is 2.41. The summed E-state index contributed by atoms with van der Waals surface area (Å²) >= 11 is 0. The summed E-state index contributed by atoms with van der Waals surface area (Å²) < 4.78 is 5.81. The summed E-state index contributed by atoms with van der Waals surface area (Å²) in [6, 6.07) is 1.14. The second-order valence-corrected chi connectivity index (χ2v) is 4.85. The normalized spacial score (nSPS) is 39.5. The van der Waals surface area contributed by atoms with Crippen LogP contribution in [-0.2, 0) is 4.74 Å². The Balaban J connectivity index is 1.54. The van der Waals surface area contributed by atoms with E-state index in [0.717, 1.165) is 12.4 Å². The molecule has 0 amide bonds. The van der Waals surface area contributed by atoms with E-state index in [1.165, 1.54) is 25.7 Å². The minimum atomic E-state index is 0.424. The lowest BCUT2D eigenvalue weighted by Gasteiger charge is -2.22. The van der Waals surface area contributed by atoms with Crippen molar-refractivity contribution in [3.63, 3.8) is 0 Å². The van der Waals surface area contributed by atoms with Crippen LogP contribution in [0.5, 0.6) is 0 Å². The van der Waals surface area contributed by atoms with E-state index >= 15 is 0 Å². The largest absolute Gasteiger partial charge is 0.373 e. The summed E-state index contributed by atoms with van der Waals surface area (Å²) in [6.07, 6.45) is 7.11. The Kier molecular flexibility index (Phi) is 2.31. The first-order valence-corrected chi connectivity index (χ1v) is 6.00. The third kappa shape index (κ3) is 1.95. The molecule has 2 aliphatic heterocycles. The molecule has 4 heteroatoms. The van der Waals surface area contributed by atoms with Gasteiger partial charge in [0.25, 0.3) is 0 Å². The van der Waals surface area contributed by atoms with Gasteiger partial charge in [-0.25, -0.2) is 0 Å². The molecular formula is C11H19N3O. The Morgan fingerprint density at radius 1 is 1.20 bits per heavy atom. The van der Waals surface area contributed by atoms with Gasteiger partial charge in [0.1, 0.15) is 0 Å². The fourth-order valence-electron chi connectivity index (χ4n) is 2.56. The van der Waals surface area contributed by atoms with Crippen LogP contribution in [0.25, 0.3) is 0 Å². The molecule has 0 aromatic carbocycles. The van der Waals surface area contributed by atoms with Gasteiger partial charge in [-0.1, -0.05) is 0 Å². The van der Waals surface area contributed by atoms with Gasteiger partial charge < -0.3 is 15.4 Å². The van der Waals surface area contributed by atoms with Gasteiger partial charge in [-0.15, -0.1) is 0 Å². The van der Waals surface area contributed by atoms with Crippen LogP contribution in [-0.4, -0.2) is 37.3 Å². The molecule has 0 aromatic heterocycles. The zero-order valence-corrected chi connectivity index (χ0v) is 9.20. The third-order valence-electron chi connectivity index (χ3n) is 3.57. The van der Waals surface area contributed by atoms with Crippen molar-refractivity contribution in [3.05, 3.63) is 0 Å². The predicted molar refractivity (Wildman–Crippen MR) is 59.0 cm³/mol. The lowest BCUT2D eigenvalue weighted by Crippen LogP contribution is -2.47. The molecule has 2 heterocycles. The number of ether oxygens (including phenoxy) is 1. The van der Waals surface area contributed by atoms with E-state index in [2.05, 4.69) is 15.6 Å². The summed E-state index contributed by atoms with van der Waals surface area (Å²) in [4.78, 5) is 4.25. The summed E-state index contributed by atoms with van der Waals surface area (Å²) in [6.45, 7) is 0. The van der Waals surface area contributed by atoms with Crippen LogP contribution in [0.2, 0.25) is 0 Å². The quantitative estimate of drug-likeness (QED) is 0.518. The highest BCUT2D eigenvalue weighted by atomic mass is 16.5. The van der Waals surface area contributed by atoms with Crippen molar-refractivity contribution in [1.82, 2.24) is 10.6 Å². The molecule has 2 N–H and O–H groups in total. The summed E-state index contributed by atoms with van der Waals surface area (Å²) in [5.74, 6) is 0.957. The third-order valence-corrected chi connectivity index (χ3v) is 3.57. The van der Waals surface area contributed by atoms with Crippen molar-refractivity contribution in [2.75, 3.05) is 7.05 Å². The molecule has 2 saturated heterocycles. The van der Waals surface area contributed by atoms with Gasteiger partial charge in [-0.2, -0.15) is 0 Å². The minimum absolute atomic E-state index is 0.424. The van der Waals surface area contributed by atoms with Crippen molar-refractivity contribution in [3.8, 4) is 0 Å². The molecule has 3 rings (SSSR count). The predicted octanol–water partition coefficient (Wildman–Crippen LogP) is 0.634. The Labute approximate surface area is 90.5 Å². The van der Waals surface area contributed by atoms with Crippen molar-refractivity contribution in [1.29, 1.82) is 0 Å². The number of hydrogen-bond acceptors (Lipinski definition) is 2. The maximum atomic E-state index is 5.81. The van der Waals surface area contributed by atoms with Gasteiger partial charge in [0, 0.05) is 13.1 Å². The summed E-state index contributed by atoms with van der Waals surface area (Å²) in [7, 11) is 1.84. The molecule has 2 bridgehead atoms. The Morgan fingerprint density at radius 2 is 2.07 bits per heavy atom. The van der Waals surface area contributed by atoms with E-state index < -0.39 is 0 Å². The van der Waals surface area contributed by atoms with Crippen molar-refractivity contribution >= 4 is 5.96 Å². The second-order valence-electron chi connectivity index (χ2n) is 4.85. The van der Waals surface area contributed by atoms with Crippen LogP contribution in [0.4, 0.5) is 0 Å². The topological polar surface area (TPSA) is 45.7 Å². The number of fused-ring (bicyclic) bond motifs is 2. The van der Waals surface area contributed by atoms with E-state index in [1.54, 1.807) is 0 Å². The maximum absolute atomic E-state index is 5.81. The molecule has 1 aliphatic carbocycles. The van der Waals surface area contributed by atoms with Gasteiger partial charge in [-0.05, 0) is 32.1 Å². The number of hydrogen-bond donors (Lipinski definition) is 2. The van der Waals surface area contributed by atoms with Crippen LogP contribution in [0.15, 0.2) is 4.99 Å². The minimum Gasteiger partial charge on any atom is -0.373 e. The van der Waals surface area contributed by atoms with Crippen molar-refractivity contribution in [2.24, 2.45) is 4.99 Å². The molecule has 4 nitrogen and oxygen atoms in total. The first kappa shape index (κ1) is 9.46. The Bertz CT molecular complexity index is 275. The monoisotopic (exact) mass is 209 g/mol. The molecule has 3 aliphatic rings. The zero-order chi connectivity index (χ0) is 10.3. The smallest absolute Gasteiger partial charge is 0.191 e. The van der Waals surface area contributed by atoms with Crippen molar-refractivity contribution < 1.29 is 4.74 Å². The number of nitrogens with zero attached hydrogens (tertiary/aromatic N) is 1. The van der Waals surface area contributed by atoms with Gasteiger partial charge in [0.15, 0.2) is 5.96 Å². The van der Waals surface area contributed by atoms with Crippen LogP contribution < -0.4 is 10.6 Å². The summed E-state index contributed by atoms with van der Waals surface area (Å²) in [5.41, 5.74) is 0. The highest BCUT2D eigenvalue weighted by Crippen LogP contribution is 2.34. The van der Waals surface area contributed by atoms with Gasteiger partial charge in [0.2, 0.25) is 0 Å². The Hall–Kier alpha value is -0.770. The van der Waals surface area contributed by atoms with Crippen LogP contribution in [0.3, 0.4) is 0 Å². The van der Waals surface area contributed by atoms with Gasteiger partial charge >= 0.3 is 0 Å². The fraction of sp³-hybridized carbons (Fsp3) is 0.909.